The maximum atomic E-state index is 12.7. The highest BCUT2D eigenvalue weighted by Gasteiger charge is 2.34. The molecule has 1 N–H and O–H groups in total. The number of benzene rings is 2. The molecule has 0 aromatic heterocycles. The molecule has 0 aliphatic carbocycles. The number of piperazine rings is 1. The molecule has 29 heavy (non-hydrogen) atoms. The van der Waals surface area contributed by atoms with E-state index in [1.165, 1.54) is 5.56 Å². The van der Waals surface area contributed by atoms with Gasteiger partial charge in [0.05, 0.1) is 11.1 Å². The topological polar surface area (TPSA) is 53.0 Å². The van der Waals surface area contributed by atoms with Crippen molar-refractivity contribution in [2.75, 3.05) is 26.2 Å². The van der Waals surface area contributed by atoms with E-state index >= 15 is 0 Å². The number of carbonyl (C=O) groups excluding carboxylic acids is 1. The Hall–Kier alpha value is -2.63. The Bertz CT molecular complexity index is 954. The highest BCUT2D eigenvalue weighted by molar-refractivity contribution is 6.14. The van der Waals surface area contributed by atoms with Gasteiger partial charge in [-0.1, -0.05) is 30.3 Å². The van der Waals surface area contributed by atoms with Gasteiger partial charge in [-0.15, -0.1) is 0 Å². The van der Waals surface area contributed by atoms with Crippen LogP contribution < -0.4 is 4.74 Å². The van der Waals surface area contributed by atoms with Gasteiger partial charge in [-0.2, -0.15) is 0 Å². The molecule has 0 radical (unpaired) electrons. The average molecular weight is 392 g/mol. The zero-order chi connectivity index (χ0) is 20.5. The molecule has 2 heterocycles. The highest BCUT2D eigenvalue weighted by atomic mass is 16.5. The van der Waals surface area contributed by atoms with Crippen molar-refractivity contribution in [3.05, 3.63) is 70.0 Å². The van der Waals surface area contributed by atoms with Gasteiger partial charge in [-0.05, 0) is 43.5 Å². The number of nitrogens with zero attached hydrogens (tertiary/aromatic N) is 2. The predicted molar refractivity (Wildman–Crippen MR) is 113 cm³/mol. The van der Waals surface area contributed by atoms with Gasteiger partial charge < -0.3 is 9.84 Å². The van der Waals surface area contributed by atoms with E-state index in [0.717, 1.165) is 43.9 Å². The van der Waals surface area contributed by atoms with Gasteiger partial charge >= 0.3 is 0 Å². The number of allylic oxidation sites excluding steroid dienone is 2. The van der Waals surface area contributed by atoms with E-state index in [1.54, 1.807) is 6.07 Å². The fraction of sp³-hybridized carbons (Fsp3) is 0.375. The molecule has 0 spiro atoms. The Morgan fingerprint density at radius 2 is 1.66 bits per heavy atom. The van der Waals surface area contributed by atoms with Crippen LogP contribution in [0.3, 0.4) is 0 Å². The first-order valence-corrected chi connectivity index (χ1v) is 10.2. The number of hydrogen-bond donors (Lipinski definition) is 1. The molecule has 0 amide bonds. The molecule has 4 rings (SSSR count). The molecule has 1 saturated heterocycles. The van der Waals surface area contributed by atoms with Crippen molar-refractivity contribution in [3.8, 4) is 11.5 Å². The molecule has 2 aliphatic rings. The highest BCUT2D eigenvalue weighted by Crippen LogP contribution is 2.42. The van der Waals surface area contributed by atoms with Gasteiger partial charge in [0, 0.05) is 39.3 Å². The minimum absolute atomic E-state index is 0.0774. The summed E-state index contributed by atoms with van der Waals surface area (Å²) < 4.78 is 5.95. The van der Waals surface area contributed by atoms with E-state index in [9.17, 15) is 9.90 Å². The van der Waals surface area contributed by atoms with Gasteiger partial charge in [-0.3, -0.25) is 14.6 Å². The van der Waals surface area contributed by atoms with Crippen LogP contribution >= 0.6 is 0 Å². The van der Waals surface area contributed by atoms with Crippen molar-refractivity contribution in [1.82, 2.24) is 9.80 Å². The van der Waals surface area contributed by atoms with E-state index in [-0.39, 0.29) is 11.5 Å². The Morgan fingerprint density at radius 3 is 2.28 bits per heavy atom. The summed E-state index contributed by atoms with van der Waals surface area (Å²) in [5.41, 5.74) is 4.25. The Balaban J connectivity index is 1.48. The fourth-order valence-corrected chi connectivity index (χ4v) is 4.12. The van der Waals surface area contributed by atoms with Crippen molar-refractivity contribution < 1.29 is 14.6 Å². The third kappa shape index (κ3) is 3.93. The summed E-state index contributed by atoms with van der Waals surface area (Å²) in [6, 6.07) is 12.2. The number of phenols is 1. The average Bonchev–Trinajstić information content (AvgIpc) is 3.05. The lowest BCUT2D eigenvalue weighted by molar-refractivity contribution is 0.101. The van der Waals surface area contributed by atoms with Crippen LogP contribution in [0.15, 0.2) is 47.7 Å². The minimum atomic E-state index is -0.0774. The first-order valence-electron chi connectivity index (χ1n) is 10.2. The predicted octanol–water partition coefficient (Wildman–Crippen LogP) is 3.89. The van der Waals surface area contributed by atoms with Gasteiger partial charge in [0.2, 0.25) is 5.78 Å². The second kappa shape index (κ2) is 8.01. The molecule has 2 aromatic rings. The summed E-state index contributed by atoms with van der Waals surface area (Å²) in [4.78, 5) is 17.5. The summed E-state index contributed by atoms with van der Waals surface area (Å²) in [6.45, 7) is 10.9. The summed E-state index contributed by atoms with van der Waals surface area (Å²) in [7, 11) is 0. The number of ether oxygens (including phenoxy) is 1. The Labute approximate surface area is 172 Å². The Morgan fingerprint density at radius 1 is 1.03 bits per heavy atom. The van der Waals surface area contributed by atoms with Gasteiger partial charge in [-0.25, -0.2) is 0 Å². The lowest BCUT2D eigenvalue weighted by atomic mass is 9.98. The van der Waals surface area contributed by atoms with E-state index in [4.69, 9.17) is 4.74 Å². The molecule has 5 heteroatoms. The van der Waals surface area contributed by atoms with E-state index in [2.05, 4.69) is 34.1 Å². The second-order valence-corrected chi connectivity index (χ2v) is 8.19. The quantitative estimate of drug-likeness (QED) is 0.800. The lowest BCUT2D eigenvalue weighted by Crippen LogP contribution is -2.45. The monoisotopic (exact) mass is 392 g/mol. The second-order valence-electron chi connectivity index (χ2n) is 8.19. The summed E-state index contributed by atoms with van der Waals surface area (Å²) in [6.07, 6.45) is 0. The smallest absolute Gasteiger partial charge is 0.232 e. The third-order valence-electron chi connectivity index (χ3n) is 5.75. The number of Topliss-reactive ketones (excluding diaryl/α,β-unsaturated/α-hetero) is 1. The molecule has 0 atom stereocenters. The molecule has 2 aliphatic heterocycles. The maximum Gasteiger partial charge on any atom is 0.232 e. The van der Waals surface area contributed by atoms with Gasteiger partial charge in [0.1, 0.15) is 11.5 Å². The SMILES string of the molecule is CC(C)=C1Oc2c(CN3CCN(Cc4ccccc4)CC3)c(O)cc(C)c2C1=O. The van der Waals surface area contributed by atoms with Crippen LogP contribution in [0.1, 0.15) is 40.9 Å². The van der Waals surface area contributed by atoms with Crippen LogP contribution in [0.25, 0.3) is 0 Å². The normalized spacial score (nSPS) is 17.3. The van der Waals surface area contributed by atoms with Crippen molar-refractivity contribution in [3.63, 3.8) is 0 Å². The third-order valence-corrected chi connectivity index (χ3v) is 5.75. The van der Waals surface area contributed by atoms with Crippen LogP contribution in [-0.4, -0.2) is 46.9 Å². The van der Waals surface area contributed by atoms with Crippen LogP contribution in [0.2, 0.25) is 0 Å². The van der Waals surface area contributed by atoms with Crippen LogP contribution in [-0.2, 0) is 13.1 Å². The minimum Gasteiger partial charge on any atom is -0.507 e. The molecule has 2 aromatic carbocycles. The number of phenolic OH excluding ortho intramolecular Hbond substituents is 1. The van der Waals surface area contributed by atoms with E-state index < -0.39 is 0 Å². The standard InChI is InChI=1S/C24H28N2O3/c1-16(2)23-22(28)21-17(3)13-20(27)19(24(21)29-23)15-26-11-9-25(10-12-26)14-18-7-5-4-6-8-18/h4-8,13,27H,9-12,14-15H2,1-3H3. The number of hydrogen-bond acceptors (Lipinski definition) is 5. The van der Waals surface area contributed by atoms with Crippen molar-refractivity contribution in [2.24, 2.45) is 0 Å². The molecular formula is C24H28N2O3. The molecular weight excluding hydrogens is 364 g/mol. The molecule has 0 unspecified atom stereocenters. The van der Waals surface area contributed by atoms with E-state index in [1.807, 2.05) is 26.8 Å². The number of aromatic hydroxyl groups is 1. The number of carbonyl (C=O) groups is 1. The first-order chi connectivity index (χ1) is 13.9. The number of ketones is 1. The molecule has 5 nitrogen and oxygen atoms in total. The summed E-state index contributed by atoms with van der Waals surface area (Å²) >= 11 is 0. The van der Waals surface area contributed by atoms with Crippen LogP contribution in [0, 0.1) is 6.92 Å². The largest absolute Gasteiger partial charge is 0.507 e. The van der Waals surface area contributed by atoms with Crippen LogP contribution in [0.5, 0.6) is 11.5 Å². The molecule has 0 saturated carbocycles. The molecule has 152 valence electrons. The van der Waals surface area contributed by atoms with E-state index in [0.29, 0.717) is 29.2 Å². The van der Waals surface area contributed by atoms with Gasteiger partial charge in [0.25, 0.3) is 0 Å². The number of rotatable bonds is 4. The number of fused-ring (bicyclic) bond motifs is 1. The fourth-order valence-electron chi connectivity index (χ4n) is 4.12. The molecule has 1 fully saturated rings. The summed E-state index contributed by atoms with van der Waals surface area (Å²) in [5.74, 6) is 1.06. The lowest BCUT2D eigenvalue weighted by Gasteiger charge is -2.35. The summed E-state index contributed by atoms with van der Waals surface area (Å²) in [5, 5.41) is 10.6. The van der Waals surface area contributed by atoms with Crippen molar-refractivity contribution in [2.45, 2.75) is 33.9 Å². The zero-order valence-corrected chi connectivity index (χ0v) is 17.4. The van der Waals surface area contributed by atoms with Crippen molar-refractivity contribution >= 4 is 5.78 Å². The Kier molecular flexibility index (Phi) is 5.43. The molecule has 0 bridgehead atoms. The number of aryl methyl sites for hydroxylation is 1. The van der Waals surface area contributed by atoms with Crippen LogP contribution in [0.4, 0.5) is 0 Å². The maximum absolute atomic E-state index is 12.7. The van der Waals surface area contributed by atoms with Crippen molar-refractivity contribution in [1.29, 1.82) is 0 Å². The van der Waals surface area contributed by atoms with Gasteiger partial charge in [0.15, 0.2) is 5.76 Å². The zero-order valence-electron chi connectivity index (χ0n) is 17.4. The first kappa shape index (κ1) is 19.7.